The summed E-state index contributed by atoms with van der Waals surface area (Å²) in [6.45, 7) is 1.96. The van der Waals surface area contributed by atoms with Gasteiger partial charge in [0.1, 0.15) is 0 Å². The fourth-order valence-corrected chi connectivity index (χ4v) is 7.65. The van der Waals surface area contributed by atoms with Gasteiger partial charge < -0.3 is 5.32 Å². The van der Waals surface area contributed by atoms with E-state index in [4.69, 9.17) is 39.9 Å². The smallest absolute Gasteiger partial charge is 0.320 e. The van der Waals surface area contributed by atoms with Crippen LogP contribution in [0.15, 0.2) is 42.5 Å². The van der Waals surface area contributed by atoms with Crippen LogP contribution in [0.5, 0.6) is 0 Å². The number of nitrogens with zero attached hydrogens (tertiary/aromatic N) is 2. The molecule has 3 aromatic rings. The van der Waals surface area contributed by atoms with Crippen LogP contribution in [0.1, 0.15) is 44.1 Å². The van der Waals surface area contributed by atoms with Crippen LogP contribution in [-0.4, -0.2) is 21.4 Å². The van der Waals surface area contributed by atoms with E-state index in [1.165, 1.54) is 19.3 Å². The van der Waals surface area contributed by atoms with E-state index < -0.39 is 0 Å². The van der Waals surface area contributed by atoms with Gasteiger partial charge in [-0.1, -0.05) is 46.9 Å². The van der Waals surface area contributed by atoms with Crippen molar-refractivity contribution in [1.29, 1.82) is 0 Å². The van der Waals surface area contributed by atoms with Gasteiger partial charge in [-0.2, -0.15) is 0 Å². The van der Waals surface area contributed by atoms with Gasteiger partial charge in [-0.05, 0) is 93.5 Å². The Labute approximate surface area is 220 Å². The van der Waals surface area contributed by atoms with Crippen LogP contribution >= 0.6 is 34.8 Å². The molecule has 0 spiro atoms. The molecule has 4 aliphatic carbocycles. The van der Waals surface area contributed by atoms with Crippen molar-refractivity contribution >= 4 is 46.7 Å². The molecular weight excluding hydrogens is 503 g/mol. The van der Waals surface area contributed by atoms with E-state index in [1.54, 1.807) is 16.8 Å². The van der Waals surface area contributed by atoms with Crippen LogP contribution in [0.4, 0.5) is 10.6 Å². The number of nitrogens with one attached hydrogen (secondary N) is 2. The van der Waals surface area contributed by atoms with E-state index in [9.17, 15) is 4.79 Å². The highest BCUT2D eigenvalue weighted by molar-refractivity contribution is 6.35. The summed E-state index contributed by atoms with van der Waals surface area (Å²) in [5.74, 6) is 2.77. The molecule has 2 amide bonds. The summed E-state index contributed by atoms with van der Waals surface area (Å²) in [7, 11) is 0. The molecule has 8 heteroatoms. The molecule has 0 atom stereocenters. The van der Waals surface area contributed by atoms with E-state index in [1.807, 2.05) is 37.3 Å². The van der Waals surface area contributed by atoms with E-state index in [0.29, 0.717) is 26.6 Å². The second kappa shape index (κ2) is 8.72. The second-order valence-electron chi connectivity index (χ2n) is 10.6. The largest absolute Gasteiger partial charge is 0.332 e. The highest BCUT2D eigenvalue weighted by Gasteiger charge is 2.51. The maximum atomic E-state index is 13.3. The number of benzene rings is 2. The number of hydrogen-bond acceptors (Lipinski definition) is 2. The Bertz CT molecular complexity index is 1270. The first-order valence-electron chi connectivity index (χ1n) is 12.2. The number of anilines is 1. The molecule has 4 bridgehead atoms. The van der Waals surface area contributed by atoms with E-state index in [0.717, 1.165) is 53.8 Å². The molecule has 0 saturated heterocycles. The van der Waals surface area contributed by atoms with Crippen molar-refractivity contribution in [1.82, 2.24) is 15.1 Å². The van der Waals surface area contributed by atoms with E-state index in [2.05, 4.69) is 10.6 Å². The minimum Gasteiger partial charge on any atom is -0.332 e. The summed E-state index contributed by atoms with van der Waals surface area (Å²) in [6.07, 6.45) is 7.28. The lowest BCUT2D eigenvalue weighted by Gasteiger charge is -2.56. The van der Waals surface area contributed by atoms with Crippen LogP contribution in [0.2, 0.25) is 15.1 Å². The maximum absolute atomic E-state index is 13.3. The Hall–Kier alpha value is -2.21. The highest BCUT2D eigenvalue weighted by atomic mass is 35.5. The quantitative estimate of drug-likeness (QED) is 0.361. The van der Waals surface area contributed by atoms with Crippen molar-refractivity contribution in [3.05, 3.63) is 63.1 Å². The van der Waals surface area contributed by atoms with Crippen LogP contribution in [0, 0.1) is 24.7 Å². The zero-order valence-electron chi connectivity index (χ0n) is 19.5. The maximum Gasteiger partial charge on any atom is 0.320 e. The van der Waals surface area contributed by atoms with Gasteiger partial charge >= 0.3 is 6.03 Å². The first-order valence-corrected chi connectivity index (χ1v) is 13.3. The molecule has 2 N–H and O–H groups in total. The van der Waals surface area contributed by atoms with Crippen molar-refractivity contribution in [2.45, 2.75) is 51.0 Å². The third kappa shape index (κ3) is 4.32. The van der Waals surface area contributed by atoms with Crippen molar-refractivity contribution in [2.75, 3.05) is 5.32 Å². The molecular formula is C27H27Cl3N4O. The Morgan fingerprint density at radius 3 is 2.14 bits per heavy atom. The first kappa shape index (κ1) is 23.2. The molecule has 1 heterocycles. The minimum absolute atomic E-state index is 0.0756. The monoisotopic (exact) mass is 528 g/mol. The lowest BCUT2D eigenvalue weighted by molar-refractivity contribution is -0.0127. The van der Waals surface area contributed by atoms with Crippen molar-refractivity contribution in [2.24, 2.45) is 17.8 Å². The van der Waals surface area contributed by atoms with E-state index in [-0.39, 0.29) is 11.6 Å². The van der Waals surface area contributed by atoms with Gasteiger partial charge in [-0.3, -0.25) is 5.32 Å². The minimum atomic E-state index is -0.190. The van der Waals surface area contributed by atoms with Crippen LogP contribution in [-0.2, 0) is 0 Å². The predicted molar refractivity (Wildman–Crippen MR) is 142 cm³/mol. The number of halogens is 3. The highest BCUT2D eigenvalue weighted by Crippen LogP contribution is 2.55. The number of urea groups is 1. The summed E-state index contributed by atoms with van der Waals surface area (Å²) in [5.41, 5.74) is 3.20. The molecule has 35 heavy (non-hydrogen) atoms. The molecule has 0 radical (unpaired) electrons. The molecule has 4 fully saturated rings. The number of carbonyl (C=O) groups is 1. The summed E-state index contributed by atoms with van der Waals surface area (Å²) in [4.78, 5) is 13.3. The average Bonchev–Trinajstić information content (AvgIpc) is 3.08. The van der Waals surface area contributed by atoms with Gasteiger partial charge in [0.25, 0.3) is 0 Å². The zero-order chi connectivity index (χ0) is 24.3. The molecule has 2 aromatic carbocycles. The van der Waals surface area contributed by atoms with Crippen molar-refractivity contribution in [3.8, 4) is 16.9 Å². The molecule has 4 saturated carbocycles. The summed E-state index contributed by atoms with van der Waals surface area (Å²) in [5, 5.41) is 12.9. The molecule has 1 aromatic heterocycles. The molecule has 4 aliphatic rings. The third-order valence-electron chi connectivity index (χ3n) is 8.03. The topological polar surface area (TPSA) is 59.0 Å². The van der Waals surface area contributed by atoms with Gasteiger partial charge in [0.15, 0.2) is 5.82 Å². The molecule has 7 rings (SSSR count). The van der Waals surface area contributed by atoms with Crippen LogP contribution < -0.4 is 10.6 Å². The fourth-order valence-electron chi connectivity index (χ4n) is 7.03. The Kier molecular flexibility index (Phi) is 5.78. The Morgan fingerprint density at radius 1 is 0.943 bits per heavy atom. The second-order valence-corrected chi connectivity index (χ2v) is 11.9. The average molecular weight is 530 g/mol. The normalized spacial score (nSPS) is 26.7. The van der Waals surface area contributed by atoms with Gasteiger partial charge in [-0.15, -0.1) is 5.10 Å². The molecule has 0 unspecified atom stereocenters. The predicted octanol–water partition coefficient (Wildman–Crippen LogP) is 7.90. The lowest BCUT2D eigenvalue weighted by atomic mass is 9.53. The Morgan fingerprint density at radius 2 is 1.54 bits per heavy atom. The Balaban J connectivity index is 1.33. The molecule has 0 aliphatic heterocycles. The summed E-state index contributed by atoms with van der Waals surface area (Å²) in [6, 6.07) is 12.7. The van der Waals surface area contributed by atoms with Crippen LogP contribution in [0.25, 0.3) is 16.9 Å². The number of amides is 2. The first-order chi connectivity index (χ1) is 16.8. The molecule has 5 nitrogen and oxygen atoms in total. The number of carbonyl (C=O) groups excluding carboxylic acids is 1. The zero-order valence-corrected chi connectivity index (χ0v) is 21.7. The van der Waals surface area contributed by atoms with E-state index >= 15 is 0 Å². The summed E-state index contributed by atoms with van der Waals surface area (Å²) >= 11 is 18.8. The van der Waals surface area contributed by atoms with Gasteiger partial charge in [0.05, 0.1) is 16.4 Å². The van der Waals surface area contributed by atoms with Gasteiger partial charge in [0, 0.05) is 26.7 Å². The molecule has 182 valence electrons. The third-order valence-corrected chi connectivity index (χ3v) is 8.82. The fraction of sp³-hybridized carbons (Fsp3) is 0.407. The summed E-state index contributed by atoms with van der Waals surface area (Å²) < 4.78 is 1.76. The number of rotatable bonds is 4. The standard InChI is InChI=1S/C27H27Cl3N4O/c1-15-24(19-2-4-20(28)5-3-19)34(23-7-6-21(29)11-22(23)30)33-25(15)31-26(35)32-27-12-16-8-17(13-27)10-18(9-16)14-27/h2-7,11,16-18H,8-10,12-14H2,1H3,(H2,31,32,33,35). The number of hydrogen-bond donors (Lipinski definition) is 2. The van der Waals surface area contributed by atoms with Crippen molar-refractivity contribution < 1.29 is 4.79 Å². The van der Waals surface area contributed by atoms with Gasteiger partial charge in [0.2, 0.25) is 0 Å². The van der Waals surface area contributed by atoms with Gasteiger partial charge in [-0.25, -0.2) is 9.48 Å². The SMILES string of the molecule is Cc1c(NC(=O)NC23CC4CC(CC(C4)C2)C3)nn(-c2ccc(Cl)cc2Cl)c1-c1ccc(Cl)cc1. The van der Waals surface area contributed by atoms with Crippen LogP contribution in [0.3, 0.4) is 0 Å². The van der Waals surface area contributed by atoms with Crippen molar-refractivity contribution in [3.63, 3.8) is 0 Å². The lowest BCUT2D eigenvalue weighted by Crippen LogP contribution is -2.60. The number of aromatic nitrogens is 2.